The smallest absolute Gasteiger partial charge is 0.251 e. The summed E-state index contributed by atoms with van der Waals surface area (Å²) in [6.45, 7) is 2.60. The molecule has 3 nitrogen and oxygen atoms in total. The quantitative estimate of drug-likeness (QED) is 0.613. The van der Waals surface area contributed by atoms with Crippen LogP contribution in [0.2, 0.25) is 0 Å². The molecule has 0 spiro atoms. The Morgan fingerprint density at radius 1 is 0.815 bits per heavy atom. The van der Waals surface area contributed by atoms with Crippen molar-refractivity contribution in [1.82, 2.24) is 5.32 Å². The Morgan fingerprint density at radius 3 is 1.93 bits per heavy atom. The molecule has 3 aromatic rings. The summed E-state index contributed by atoms with van der Waals surface area (Å²) in [5, 5.41) is 3.15. The zero-order valence-corrected chi connectivity index (χ0v) is 15.5. The van der Waals surface area contributed by atoms with E-state index in [-0.39, 0.29) is 11.9 Å². The minimum atomic E-state index is -0.149. The third-order valence-electron chi connectivity index (χ3n) is 4.48. The van der Waals surface area contributed by atoms with Crippen molar-refractivity contribution < 1.29 is 4.79 Å². The van der Waals surface area contributed by atoms with Gasteiger partial charge in [0.15, 0.2) is 0 Å². The second kappa shape index (κ2) is 9.48. The van der Waals surface area contributed by atoms with E-state index in [0.717, 1.165) is 11.3 Å². The van der Waals surface area contributed by atoms with Crippen LogP contribution >= 0.6 is 0 Å². The molecule has 0 radical (unpaired) electrons. The number of carbonyl (C=O) groups excluding carboxylic acids is 1. The minimum absolute atomic E-state index is 0.0780. The topological polar surface area (TPSA) is 41.5 Å². The van der Waals surface area contributed by atoms with Crippen molar-refractivity contribution in [2.75, 3.05) is 0 Å². The van der Waals surface area contributed by atoms with Crippen LogP contribution in [0, 0.1) is 0 Å². The predicted octanol–water partition coefficient (Wildman–Crippen LogP) is 4.69. The molecular formula is C24H24N2O. The van der Waals surface area contributed by atoms with Crippen LogP contribution in [0.1, 0.15) is 28.4 Å². The van der Waals surface area contributed by atoms with E-state index in [4.69, 9.17) is 4.99 Å². The Hall–Kier alpha value is -3.20. The Bertz CT molecular complexity index is 874. The molecule has 0 heterocycles. The lowest BCUT2D eigenvalue weighted by atomic mass is 10.0. The van der Waals surface area contributed by atoms with E-state index < -0.39 is 0 Å². The van der Waals surface area contributed by atoms with Crippen molar-refractivity contribution in [3.05, 3.63) is 108 Å². The van der Waals surface area contributed by atoms with Crippen molar-refractivity contribution in [1.29, 1.82) is 0 Å². The van der Waals surface area contributed by atoms with Gasteiger partial charge in [0.1, 0.15) is 0 Å². The molecule has 136 valence electrons. The first-order valence-electron chi connectivity index (χ1n) is 9.17. The molecular weight excluding hydrogens is 332 g/mol. The first-order chi connectivity index (χ1) is 13.2. The van der Waals surface area contributed by atoms with Gasteiger partial charge in [-0.1, -0.05) is 78.9 Å². The van der Waals surface area contributed by atoms with Crippen LogP contribution in [0.3, 0.4) is 0 Å². The maximum atomic E-state index is 12.7. The Kier molecular flexibility index (Phi) is 6.53. The van der Waals surface area contributed by atoms with Gasteiger partial charge >= 0.3 is 0 Å². The van der Waals surface area contributed by atoms with Crippen molar-refractivity contribution >= 4 is 11.6 Å². The highest BCUT2D eigenvalue weighted by Crippen LogP contribution is 2.08. The molecule has 0 fully saturated rings. The number of aliphatic imine (C=N–C) groups is 1. The van der Waals surface area contributed by atoms with Crippen molar-refractivity contribution in [2.45, 2.75) is 25.9 Å². The monoisotopic (exact) mass is 356 g/mol. The lowest BCUT2D eigenvalue weighted by molar-refractivity contribution is 0.0946. The third kappa shape index (κ3) is 5.65. The molecule has 3 aromatic carbocycles. The van der Waals surface area contributed by atoms with Gasteiger partial charge < -0.3 is 5.32 Å². The van der Waals surface area contributed by atoms with Crippen LogP contribution in [0.4, 0.5) is 0 Å². The van der Waals surface area contributed by atoms with Gasteiger partial charge in [-0.15, -0.1) is 0 Å². The van der Waals surface area contributed by atoms with E-state index in [1.165, 1.54) is 5.56 Å². The highest BCUT2D eigenvalue weighted by Gasteiger charge is 2.17. The molecule has 0 bridgehead atoms. The van der Waals surface area contributed by atoms with Crippen LogP contribution < -0.4 is 5.32 Å². The number of nitrogens with one attached hydrogen (secondary N) is 1. The molecule has 0 saturated heterocycles. The Morgan fingerprint density at radius 2 is 1.33 bits per heavy atom. The van der Waals surface area contributed by atoms with E-state index in [1.807, 2.05) is 73.7 Å². The summed E-state index contributed by atoms with van der Waals surface area (Å²) in [6, 6.07) is 29.5. The van der Waals surface area contributed by atoms with Crippen LogP contribution in [0.25, 0.3) is 0 Å². The van der Waals surface area contributed by atoms with E-state index in [1.54, 1.807) is 0 Å². The lowest BCUT2D eigenvalue weighted by Gasteiger charge is -2.19. The summed E-state index contributed by atoms with van der Waals surface area (Å²) in [6.07, 6.45) is 0.712. The summed E-state index contributed by atoms with van der Waals surface area (Å²) in [7, 11) is 0. The van der Waals surface area contributed by atoms with Crippen molar-refractivity contribution in [3.8, 4) is 0 Å². The summed E-state index contributed by atoms with van der Waals surface area (Å²) < 4.78 is 0. The largest absolute Gasteiger partial charge is 0.344 e. The van der Waals surface area contributed by atoms with E-state index in [2.05, 4.69) is 29.6 Å². The zero-order chi connectivity index (χ0) is 18.9. The van der Waals surface area contributed by atoms with Gasteiger partial charge in [-0.25, -0.2) is 0 Å². The standard InChI is InChI=1S/C24H24N2O/c1-19(25-18-21-13-7-3-8-14-21)23(17-20-11-5-2-6-12-20)26-24(27)22-15-9-4-10-16-22/h2-16,23H,17-18H2,1H3,(H,26,27). The number of amides is 1. The van der Waals surface area contributed by atoms with E-state index >= 15 is 0 Å². The van der Waals surface area contributed by atoms with Gasteiger partial charge in [0.2, 0.25) is 0 Å². The molecule has 1 atom stereocenters. The molecule has 27 heavy (non-hydrogen) atoms. The van der Waals surface area contributed by atoms with Crippen LogP contribution in [0.5, 0.6) is 0 Å². The fourth-order valence-electron chi connectivity index (χ4n) is 2.89. The Balaban J connectivity index is 1.77. The van der Waals surface area contributed by atoms with Crippen molar-refractivity contribution in [2.24, 2.45) is 4.99 Å². The molecule has 0 aliphatic rings. The summed E-state index contributed by atoms with van der Waals surface area (Å²) >= 11 is 0. The molecule has 3 rings (SSSR count). The highest BCUT2D eigenvalue weighted by atomic mass is 16.1. The number of rotatable bonds is 7. The molecule has 0 aliphatic heterocycles. The average molecular weight is 356 g/mol. The minimum Gasteiger partial charge on any atom is -0.344 e. The van der Waals surface area contributed by atoms with E-state index in [0.29, 0.717) is 18.5 Å². The van der Waals surface area contributed by atoms with Gasteiger partial charge in [0, 0.05) is 11.3 Å². The SMILES string of the molecule is CC(=NCc1ccccc1)C(Cc1ccccc1)NC(=O)c1ccccc1. The van der Waals surface area contributed by atoms with Crippen LogP contribution in [-0.2, 0) is 13.0 Å². The third-order valence-corrected chi connectivity index (χ3v) is 4.48. The van der Waals surface area contributed by atoms with Crippen LogP contribution in [0.15, 0.2) is 96.0 Å². The lowest BCUT2D eigenvalue weighted by Crippen LogP contribution is -2.41. The van der Waals surface area contributed by atoms with Gasteiger partial charge in [-0.3, -0.25) is 9.79 Å². The van der Waals surface area contributed by atoms with Crippen molar-refractivity contribution in [3.63, 3.8) is 0 Å². The second-order valence-electron chi connectivity index (χ2n) is 6.53. The summed E-state index contributed by atoms with van der Waals surface area (Å²) in [4.78, 5) is 17.4. The number of nitrogens with zero attached hydrogens (tertiary/aromatic N) is 1. The van der Waals surface area contributed by atoms with E-state index in [9.17, 15) is 4.79 Å². The predicted molar refractivity (Wildman–Crippen MR) is 111 cm³/mol. The molecule has 3 heteroatoms. The number of benzene rings is 3. The molecule has 0 aromatic heterocycles. The highest BCUT2D eigenvalue weighted by molar-refractivity contribution is 5.98. The maximum Gasteiger partial charge on any atom is 0.251 e. The van der Waals surface area contributed by atoms with Gasteiger partial charge in [0.25, 0.3) is 5.91 Å². The molecule has 0 saturated carbocycles. The summed E-state index contributed by atoms with van der Waals surface area (Å²) in [5.41, 5.74) is 3.91. The van der Waals surface area contributed by atoms with Gasteiger partial charge in [0.05, 0.1) is 12.6 Å². The first kappa shape index (κ1) is 18.6. The molecule has 1 N–H and O–H groups in total. The fraction of sp³-hybridized carbons (Fsp3) is 0.167. The second-order valence-corrected chi connectivity index (χ2v) is 6.53. The molecule has 1 unspecified atom stereocenters. The molecule has 1 amide bonds. The van der Waals surface area contributed by atoms with Gasteiger partial charge in [-0.2, -0.15) is 0 Å². The number of hydrogen-bond acceptors (Lipinski definition) is 2. The maximum absolute atomic E-state index is 12.7. The summed E-state index contributed by atoms with van der Waals surface area (Å²) in [5.74, 6) is -0.0780. The average Bonchev–Trinajstić information content (AvgIpc) is 2.73. The number of hydrogen-bond donors (Lipinski definition) is 1. The fourth-order valence-corrected chi connectivity index (χ4v) is 2.89. The first-order valence-corrected chi connectivity index (χ1v) is 9.17. The molecule has 0 aliphatic carbocycles. The van der Waals surface area contributed by atoms with Crippen LogP contribution in [-0.4, -0.2) is 17.7 Å². The number of carbonyl (C=O) groups is 1. The Labute approximate surface area is 160 Å². The normalized spacial score (nSPS) is 12.4. The van der Waals surface area contributed by atoms with Gasteiger partial charge in [-0.05, 0) is 36.6 Å². The zero-order valence-electron chi connectivity index (χ0n) is 15.5.